The van der Waals surface area contributed by atoms with Gasteiger partial charge in [0.2, 0.25) is 0 Å². The summed E-state index contributed by atoms with van der Waals surface area (Å²) in [5.74, 6) is -0.242. The van der Waals surface area contributed by atoms with Crippen molar-refractivity contribution in [2.45, 2.75) is 182 Å². The lowest BCUT2D eigenvalue weighted by molar-refractivity contribution is -0.929. The van der Waals surface area contributed by atoms with Crippen LogP contribution < -0.4 is 5.02 Å². The van der Waals surface area contributed by atoms with Gasteiger partial charge in [-0.2, -0.15) is 0 Å². The van der Waals surface area contributed by atoms with Crippen LogP contribution in [0.1, 0.15) is 194 Å². The Labute approximate surface area is 340 Å². The molecular weight excluding hydrogens is 673 g/mol. The first-order chi connectivity index (χ1) is 25.8. The third-order valence-electron chi connectivity index (χ3n) is 11.5. The number of rotatable bonds is 19. The fraction of sp³-hybridized carbons (Fsp3) is 0.640. The Balaban J connectivity index is 0.000000518. The van der Waals surface area contributed by atoms with Crippen LogP contribution in [0.3, 0.4) is 0 Å². The van der Waals surface area contributed by atoms with E-state index in [1.165, 1.54) is 87.6 Å². The first-order valence-corrected chi connectivity index (χ1v) is 22.0. The molecule has 0 aliphatic heterocycles. The van der Waals surface area contributed by atoms with Gasteiger partial charge in [-0.15, -0.1) is 0 Å². The largest absolute Gasteiger partial charge is 0.832 e. The fourth-order valence-electron chi connectivity index (χ4n) is 8.67. The summed E-state index contributed by atoms with van der Waals surface area (Å²) in [5, 5.41) is 23.4. The second-order valence-corrected chi connectivity index (χ2v) is 19.2. The Kier molecular flexibility index (Phi) is 19.4. The fourth-order valence-corrected chi connectivity index (χ4v) is 8.67. The minimum Gasteiger partial charge on any atom is -0.832 e. The number of hydrogen-bond acceptors (Lipinski definition) is 3. The van der Waals surface area contributed by atoms with E-state index in [4.69, 9.17) is 4.65 Å². The van der Waals surface area contributed by atoms with Gasteiger partial charge in [0, 0.05) is 5.92 Å². The molecule has 0 aliphatic carbocycles. The lowest BCUT2D eigenvalue weighted by Crippen LogP contribution is -2.50. The molecule has 0 saturated carbocycles. The van der Waals surface area contributed by atoms with Gasteiger partial charge >= 0.3 is 7.32 Å². The Morgan fingerprint density at radius 1 is 0.527 bits per heavy atom. The summed E-state index contributed by atoms with van der Waals surface area (Å²) in [7, 11) is -2.22. The predicted octanol–water partition coefficient (Wildman–Crippen LogP) is 12.4. The van der Waals surface area contributed by atoms with E-state index in [2.05, 4.69) is 145 Å². The number of quaternary nitrogens is 1. The van der Waals surface area contributed by atoms with E-state index in [9.17, 15) is 10.0 Å². The maximum absolute atomic E-state index is 12.9. The summed E-state index contributed by atoms with van der Waals surface area (Å²) in [5.41, 5.74) is 4.58. The first kappa shape index (κ1) is 48.7. The second-order valence-electron chi connectivity index (χ2n) is 19.2. The number of nitrogens with zero attached hydrogens (tertiary/aromatic N) is 1. The molecular formula is C50H82BNO3. The van der Waals surface area contributed by atoms with Crippen LogP contribution in [0, 0.1) is 0 Å². The minimum atomic E-state index is -2.22. The van der Waals surface area contributed by atoms with Crippen LogP contribution in [0.2, 0.25) is 0 Å². The van der Waals surface area contributed by atoms with Gasteiger partial charge < -0.3 is 19.2 Å². The lowest BCUT2D eigenvalue weighted by Gasteiger charge is -2.49. The zero-order valence-electron chi connectivity index (χ0n) is 38.0. The molecule has 3 rings (SSSR count). The second kappa shape index (κ2) is 21.9. The molecule has 0 fully saturated rings. The van der Waals surface area contributed by atoms with Gasteiger partial charge in [0.25, 0.3) is 0 Å². The highest BCUT2D eigenvalue weighted by molar-refractivity contribution is 6.30. The maximum Gasteiger partial charge on any atom is 0.343 e. The van der Waals surface area contributed by atoms with E-state index in [1.807, 2.05) is 24.3 Å². The first-order valence-electron chi connectivity index (χ1n) is 22.0. The van der Waals surface area contributed by atoms with Crippen LogP contribution >= 0.6 is 0 Å². The van der Waals surface area contributed by atoms with Gasteiger partial charge in [-0.1, -0.05) is 195 Å². The van der Waals surface area contributed by atoms with Crippen molar-refractivity contribution in [2.75, 3.05) is 26.2 Å². The van der Waals surface area contributed by atoms with Crippen LogP contribution in [0.15, 0.2) is 72.8 Å². The average molecular weight is 756 g/mol. The minimum absolute atomic E-state index is 0.126. The molecule has 0 heterocycles. The molecule has 0 radical (unpaired) electrons. The van der Waals surface area contributed by atoms with Gasteiger partial charge in [0.15, 0.2) is 0 Å². The highest BCUT2D eigenvalue weighted by Crippen LogP contribution is 2.53. The summed E-state index contributed by atoms with van der Waals surface area (Å²) in [6, 6.07) is 25.1. The van der Waals surface area contributed by atoms with E-state index in [0.717, 1.165) is 27.8 Å². The molecule has 1 atom stereocenters. The zero-order chi connectivity index (χ0) is 41.5. The van der Waals surface area contributed by atoms with E-state index in [-0.39, 0.29) is 22.2 Å². The Hall–Kier alpha value is -2.44. The Morgan fingerprint density at radius 3 is 1.13 bits per heavy atom. The summed E-state index contributed by atoms with van der Waals surface area (Å²) >= 11 is 0. The molecule has 5 heteroatoms. The molecule has 0 saturated heterocycles. The predicted molar refractivity (Wildman–Crippen MR) is 238 cm³/mol. The average Bonchev–Trinajstić information content (AvgIpc) is 3.13. The normalized spacial score (nSPS) is 13.3. The molecule has 55 heavy (non-hydrogen) atoms. The monoisotopic (exact) mass is 756 g/mol. The molecule has 308 valence electrons. The molecule has 3 aromatic carbocycles. The molecule has 4 nitrogen and oxygen atoms in total. The van der Waals surface area contributed by atoms with Gasteiger partial charge in [-0.25, -0.2) is 0 Å². The van der Waals surface area contributed by atoms with E-state index >= 15 is 0 Å². The van der Waals surface area contributed by atoms with Gasteiger partial charge in [0.05, 0.1) is 26.2 Å². The number of unbranched alkanes of at least 4 members (excludes halogenated alkanes) is 4. The molecule has 0 amide bonds. The van der Waals surface area contributed by atoms with Crippen molar-refractivity contribution >= 4 is 7.32 Å². The third kappa shape index (κ3) is 13.3. The smallest absolute Gasteiger partial charge is 0.343 e. The third-order valence-corrected chi connectivity index (χ3v) is 11.5. The van der Waals surface area contributed by atoms with Crippen molar-refractivity contribution in [1.82, 2.24) is 0 Å². The van der Waals surface area contributed by atoms with Gasteiger partial charge in [-0.3, -0.25) is 0 Å². The highest BCUT2D eigenvalue weighted by Gasteiger charge is 2.48. The summed E-state index contributed by atoms with van der Waals surface area (Å²) in [6.07, 6.45) is 11.8. The van der Waals surface area contributed by atoms with Crippen molar-refractivity contribution < 1.29 is 19.2 Å². The summed E-state index contributed by atoms with van der Waals surface area (Å²) in [6.45, 7) is 36.9. The molecule has 0 spiro atoms. The molecule has 0 aromatic heterocycles. The Bertz CT molecular complexity index is 1430. The van der Waals surface area contributed by atoms with Crippen molar-refractivity contribution in [3.63, 3.8) is 0 Å². The van der Waals surface area contributed by atoms with Crippen molar-refractivity contribution in [3.8, 4) is 0 Å². The topological polar surface area (TPSA) is 52.5 Å². The molecule has 1 N–H and O–H groups in total. The van der Waals surface area contributed by atoms with Gasteiger partial charge in [0.1, 0.15) is 5.60 Å². The Morgan fingerprint density at radius 2 is 0.836 bits per heavy atom. The van der Waals surface area contributed by atoms with Crippen LogP contribution in [-0.2, 0) is 26.5 Å². The van der Waals surface area contributed by atoms with Crippen molar-refractivity contribution in [1.29, 1.82) is 0 Å². The van der Waals surface area contributed by atoms with Crippen molar-refractivity contribution in [3.05, 3.63) is 106 Å². The van der Waals surface area contributed by atoms with Crippen molar-refractivity contribution in [2.24, 2.45) is 0 Å². The zero-order valence-corrected chi connectivity index (χ0v) is 38.0. The highest BCUT2D eigenvalue weighted by atomic mass is 16.6. The molecule has 0 aliphatic rings. The number of benzene rings is 3. The standard InChI is InChI=1S/C34H46BO3.C16H36N/c1-11-25(24-18-12-13-19-26(24)31(2,3)4)34(38-35(36)37,29-22-16-14-20-27(29)32(5,6)7)30-23-17-15-21-28(30)33(8,9)10;1-5-9-13-17(14-10-6-2,15-11-7-3)16-12-8-4/h12-23,25,36H,11H2,1-10H3;5-16H2,1-4H3/q-1;+1. The molecule has 1 unspecified atom stereocenters. The van der Waals surface area contributed by atoms with E-state index < -0.39 is 12.9 Å². The van der Waals surface area contributed by atoms with E-state index in [0.29, 0.717) is 6.42 Å². The maximum atomic E-state index is 12.9. The van der Waals surface area contributed by atoms with Crippen LogP contribution in [-0.4, -0.2) is 43.0 Å². The van der Waals surface area contributed by atoms with Gasteiger partial charge in [-0.05, 0) is 81.7 Å². The molecule has 3 aromatic rings. The van der Waals surface area contributed by atoms with Crippen LogP contribution in [0.5, 0.6) is 0 Å². The summed E-state index contributed by atoms with van der Waals surface area (Å²) in [4.78, 5) is 0. The van der Waals surface area contributed by atoms with E-state index in [1.54, 1.807) is 0 Å². The molecule has 0 bridgehead atoms. The summed E-state index contributed by atoms with van der Waals surface area (Å²) < 4.78 is 7.88. The van der Waals surface area contributed by atoms with Crippen LogP contribution in [0.25, 0.3) is 0 Å². The number of hydrogen-bond donors (Lipinski definition) is 1. The quantitative estimate of drug-likeness (QED) is 0.0979. The lowest BCUT2D eigenvalue weighted by atomic mass is 9.63. The SMILES string of the molecule is CCC(c1ccccc1C(C)(C)C)C(OB([O-])O)(c1ccccc1C(C)(C)C)c1ccccc1C(C)(C)C.CCCC[N+](CCCC)(CCCC)CCCC. The van der Waals surface area contributed by atoms with Crippen LogP contribution in [0.4, 0.5) is 0 Å².